The highest BCUT2D eigenvalue weighted by Crippen LogP contribution is 2.56. The van der Waals surface area contributed by atoms with E-state index in [0.29, 0.717) is 28.2 Å². The molecule has 77 heavy (non-hydrogen) atoms. The monoisotopic (exact) mass is 1070 g/mol. The number of aliphatic hydroxyl groups is 6. The van der Waals surface area contributed by atoms with Crippen LogP contribution in [0.1, 0.15) is 64.9 Å². The lowest BCUT2D eigenvalue weighted by molar-refractivity contribution is -0.155. The summed E-state index contributed by atoms with van der Waals surface area (Å²) in [6, 6.07) is 0.927. The van der Waals surface area contributed by atoms with Crippen LogP contribution in [0.25, 0.3) is 11.5 Å². The number of phenols is 2. The van der Waals surface area contributed by atoms with Gasteiger partial charge in [-0.05, 0) is 103 Å². The Bertz CT molecular complexity index is 3100. The molecule has 0 saturated heterocycles. The van der Waals surface area contributed by atoms with Gasteiger partial charge >= 0.3 is 0 Å². The van der Waals surface area contributed by atoms with Crippen molar-refractivity contribution in [3.8, 4) is 11.5 Å². The first kappa shape index (κ1) is 58.6. The number of rotatable bonds is 9. The zero-order valence-electron chi connectivity index (χ0n) is 44.7. The number of Topliss-reactive ketones (excluding diaryl/α,β-unsaturated/α-hetero) is 5. The molecule has 0 bridgehead atoms. The van der Waals surface area contributed by atoms with Crippen LogP contribution in [-0.2, 0) is 51.3 Å². The van der Waals surface area contributed by atoms with Crippen LogP contribution in [0.5, 0.6) is 11.5 Å². The largest absolute Gasteiger partial charge is 0.508 e. The van der Waals surface area contributed by atoms with Gasteiger partial charge in [0.1, 0.15) is 52.8 Å². The van der Waals surface area contributed by atoms with E-state index in [-0.39, 0.29) is 64.8 Å². The molecule has 2 aromatic rings. The molecule has 0 aromatic heterocycles. The summed E-state index contributed by atoms with van der Waals surface area (Å²) >= 11 is 0. The number of hydrogen-bond acceptors (Lipinski definition) is 23. The third kappa shape index (κ3) is 8.94. The van der Waals surface area contributed by atoms with E-state index in [2.05, 4.69) is 15.9 Å². The lowest BCUT2D eigenvalue weighted by Gasteiger charge is -2.50. The normalized spacial score (nSPS) is 26.6. The number of carbonyl (C=O) groups is 7. The summed E-state index contributed by atoms with van der Waals surface area (Å²) in [6.45, 7) is 2.86. The van der Waals surface area contributed by atoms with Crippen molar-refractivity contribution in [2.24, 2.45) is 46.2 Å². The standard InChI is InChI=1S/C26H32N4O8.C25H29N3O8.CH5NO/c1-10(28-38-6)12-9-15(29(2)3)13-7-11-8-14-19(30(4)5)22(33)18(25(27)36)24(35)26(14,37)23(34)16(11)21(32)17(13)20(12)31;1-9(29)11-8-14(27(2)3)12-6-10-7-13-18(28(4)5)21(32)17(24(26)35)23(34)25(13,36)22(33)15(10)20(31)16(12)19(11)30;1-3-2/h9,11,14,19,31-32,35,37H,7-8H2,1-6H3,(H2,27,36);8,10,13,18,30-31,34,36H,6-7H2,1-5H3,(H2,26,35);2H2,1H3/b28-10+;;/t11-,14-,19-,26-;10?,13?,18-,25-;/m00./s1. The maximum atomic E-state index is 14.0. The number of carbonyl (C=O) groups excluding carboxylic acids is 7. The zero-order valence-corrected chi connectivity index (χ0v) is 44.7. The van der Waals surface area contributed by atoms with Gasteiger partial charge in [-0.1, -0.05) is 5.16 Å². The molecular weight excluding hydrogens is 1010 g/mol. The number of oxime groups is 1. The molecule has 0 aliphatic heterocycles. The molecule has 2 saturated carbocycles. The Morgan fingerprint density at radius 3 is 1.26 bits per heavy atom. The van der Waals surface area contributed by atoms with E-state index in [0.717, 1.165) is 0 Å². The van der Waals surface area contributed by atoms with Crippen LogP contribution in [0, 0.1) is 23.7 Å². The van der Waals surface area contributed by atoms with Crippen LogP contribution in [-0.4, -0.2) is 191 Å². The Morgan fingerprint density at radius 2 is 0.961 bits per heavy atom. The average molecular weight is 1080 g/mol. The van der Waals surface area contributed by atoms with E-state index in [9.17, 15) is 74.4 Å². The lowest BCUT2D eigenvalue weighted by atomic mass is 9.57. The number of aliphatic hydroxyl groups excluding tert-OH is 4. The van der Waals surface area contributed by atoms with Crippen molar-refractivity contribution >= 4 is 69.3 Å². The molecule has 0 spiro atoms. The SMILES string of the molecule is CC(=O)c1cc(N(C)C)c2c(c1O)C(O)=C1C(=O)[C@]3(O)C(O)=C(C(N)=O)C(=O)[C@@H](N(C)C)C3CC1C2.CO/N=C(\C)c1cc(N(C)C)c2c(c1O)C(O)=C1C(=O)[C@]3(O)C(O)=C(C(N)=O)C(=O)[C@@H](N(C)C)[C@@H]3C[C@@H]1C2.CON. The van der Waals surface area contributed by atoms with Crippen molar-refractivity contribution in [1.82, 2.24) is 9.80 Å². The summed E-state index contributed by atoms with van der Waals surface area (Å²) in [5.74, 6) is -10.4. The van der Waals surface area contributed by atoms with E-state index in [1.165, 1.54) is 37.0 Å². The summed E-state index contributed by atoms with van der Waals surface area (Å²) in [5, 5.41) is 93.9. The minimum atomic E-state index is -2.71. The number of nitrogens with zero attached hydrogens (tertiary/aromatic N) is 5. The molecule has 2 unspecified atom stereocenters. The Morgan fingerprint density at radius 1 is 0.623 bits per heavy atom. The summed E-state index contributed by atoms with van der Waals surface area (Å²) in [6.07, 6.45) is 0.351. The number of amides is 2. The van der Waals surface area contributed by atoms with Gasteiger partial charge in [-0.15, -0.1) is 0 Å². The van der Waals surface area contributed by atoms with Crippen molar-refractivity contribution in [1.29, 1.82) is 0 Å². The predicted molar refractivity (Wildman–Crippen MR) is 278 cm³/mol. The van der Waals surface area contributed by atoms with Gasteiger partial charge in [0.25, 0.3) is 11.8 Å². The molecule has 6 aliphatic rings. The van der Waals surface area contributed by atoms with Gasteiger partial charge in [0.05, 0.1) is 41.6 Å². The second-order valence-electron chi connectivity index (χ2n) is 20.7. The van der Waals surface area contributed by atoms with Crippen LogP contribution in [0.2, 0.25) is 0 Å². The van der Waals surface area contributed by atoms with Gasteiger partial charge in [-0.25, -0.2) is 5.90 Å². The quantitative estimate of drug-likeness (QED) is 0.0688. The number of phenolic OH excluding ortho intramolecular Hbond substituents is 2. The molecule has 25 heteroatoms. The Balaban J connectivity index is 0.000000238. The third-order valence-electron chi connectivity index (χ3n) is 15.4. The highest BCUT2D eigenvalue weighted by atomic mass is 16.6. The van der Waals surface area contributed by atoms with Crippen molar-refractivity contribution in [2.45, 2.75) is 62.8 Å². The number of primary amides is 2. The topological polar surface area (TPSA) is 403 Å². The average Bonchev–Trinajstić information content (AvgIpc) is 3.32. The summed E-state index contributed by atoms with van der Waals surface area (Å²) in [4.78, 5) is 105. The molecule has 8 rings (SSSR count). The zero-order chi connectivity index (χ0) is 58.1. The third-order valence-corrected chi connectivity index (χ3v) is 15.4. The van der Waals surface area contributed by atoms with Crippen molar-refractivity contribution < 1.29 is 84.1 Å². The second-order valence-corrected chi connectivity index (χ2v) is 20.7. The van der Waals surface area contributed by atoms with Crippen LogP contribution >= 0.6 is 0 Å². The number of nitrogens with two attached hydrogens (primary N) is 3. The fourth-order valence-corrected chi connectivity index (χ4v) is 12.1. The maximum absolute atomic E-state index is 14.0. The van der Waals surface area contributed by atoms with Gasteiger partial charge in [-0.3, -0.25) is 43.4 Å². The van der Waals surface area contributed by atoms with Crippen LogP contribution in [0.4, 0.5) is 11.4 Å². The molecule has 2 aromatic carbocycles. The molecule has 25 nitrogen and oxygen atoms in total. The lowest BCUT2D eigenvalue weighted by Crippen LogP contribution is -2.65. The second kappa shape index (κ2) is 21.0. The Hall–Kier alpha value is -7.68. The minimum absolute atomic E-state index is 0.00610. The van der Waals surface area contributed by atoms with Gasteiger partial charge in [0, 0.05) is 68.1 Å². The Kier molecular flexibility index (Phi) is 16.0. The molecule has 6 aliphatic carbocycles. The highest BCUT2D eigenvalue weighted by molar-refractivity contribution is 6.26. The number of likely N-dealkylation sites (N-methyl/N-ethyl adjacent to an activating group) is 2. The van der Waals surface area contributed by atoms with Gasteiger partial charge < -0.3 is 71.8 Å². The fourth-order valence-electron chi connectivity index (χ4n) is 12.1. The van der Waals surface area contributed by atoms with E-state index < -0.39 is 128 Å². The summed E-state index contributed by atoms with van der Waals surface area (Å²) in [5.41, 5.74) is 5.75. The molecular formula is C52H66N8O17. The van der Waals surface area contributed by atoms with Crippen LogP contribution < -0.4 is 27.2 Å². The molecule has 2 fully saturated rings. The number of aromatic hydroxyl groups is 2. The molecule has 8 atom stereocenters. The number of benzene rings is 2. The van der Waals surface area contributed by atoms with Crippen LogP contribution in [0.3, 0.4) is 0 Å². The minimum Gasteiger partial charge on any atom is -0.508 e. The van der Waals surface area contributed by atoms with E-state index in [1.807, 2.05) is 0 Å². The van der Waals surface area contributed by atoms with Crippen molar-refractivity contribution in [2.75, 3.05) is 80.4 Å². The van der Waals surface area contributed by atoms with E-state index in [1.54, 1.807) is 79.2 Å². The predicted octanol–water partition coefficient (Wildman–Crippen LogP) is 0.140. The molecule has 2 amide bonds. The first-order chi connectivity index (χ1) is 35.8. The summed E-state index contributed by atoms with van der Waals surface area (Å²) in [7, 11) is 16.0. The maximum Gasteiger partial charge on any atom is 0.255 e. The van der Waals surface area contributed by atoms with Crippen molar-refractivity contribution in [3.05, 3.63) is 79.3 Å². The number of ketones is 5. The van der Waals surface area contributed by atoms with E-state index >= 15 is 0 Å². The van der Waals surface area contributed by atoms with Gasteiger partial charge in [-0.2, -0.15) is 0 Å². The highest BCUT2D eigenvalue weighted by Gasteiger charge is 2.66. The van der Waals surface area contributed by atoms with Gasteiger partial charge in [0.2, 0.25) is 11.6 Å². The Labute approximate surface area is 442 Å². The number of anilines is 2. The molecule has 416 valence electrons. The number of fused-ring (bicyclic) bond motifs is 6. The van der Waals surface area contributed by atoms with Crippen molar-refractivity contribution in [3.63, 3.8) is 0 Å². The number of hydrogen-bond donors (Lipinski definition) is 11. The first-order valence-corrected chi connectivity index (χ1v) is 24.0. The molecule has 0 radical (unpaired) electrons. The first-order valence-electron chi connectivity index (χ1n) is 24.0. The van der Waals surface area contributed by atoms with Crippen LogP contribution in [0.15, 0.2) is 51.1 Å². The summed E-state index contributed by atoms with van der Waals surface area (Å²) < 4.78 is 0. The fraction of sp³-hybridized carbons (Fsp3) is 0.462. The molecule has 0 heterocycles. The van der Waals surface area contributed by atoms with E-state index in [4.69, 9.17) is 16.3 Å². The smallest absolute Gasteiger partial charge is 0.255 e. The molecule has 14 N–H and O–H groups in total. The van der Waals surface area contributed by atoms with Gasteiger partial charge in [0.15, 0.2) is 28.6 Å².